The molecule has 0 aliphatic carbocycles. The van der Waals surface area contributed by atoms with Crippen LogP contribution in [-0.4, -0.2) is 22.3 Å². The number of hydrogen-bond acceptors (Lipinski definition) is 4. The van der Waals surface area contributed by atoms with Gasteiger partial charge in [-0.15, -0.1) is 0 Å². The molecule has 2 aromatic rings. The monoisotopic (exact) mass is 323 g/mol. The van der Waals surface area contributed by atoms with E-state index in [1.165, 1.54) is 19.3 Å². The Morgan fingerprint density at radius 3 is 2.71 bits per heavy atom. The molecule has 114 valence electrons. The van der Waals surface area contributed by atoms with Crippen molar-refractivity contribution in [2.75, 3.05) is 17.6 Å². The Hall–Kier alpha value is -1.00. The predicted molar refractivity (Wildman–Crippen MR) is 93.6 cm³/mol. The molecule has 0 aliphatic heterocycles. The Labute approximate surface area is 135 Å². The van der Waals surface area contributed by atoms with E-state index in [0.717, 1.165) is 40.6 Å². The third-order valence-electron chi connectivity index (χ3n) is 3.19. The van der Waals surface area contributed by atoms with Crippen LogP contribution in [0.3, 0.4) is 0 Å². The molecule has 3 nitrogen and oxygen atoms in total. The zero-order chi connectivity index (χ0) is 15.1. The average molecular weight is 324 g/mol. The van der Waals surface area contributed by atoms with Gasteiger partial charge >= 0.3 is 0 Å². The number of nitrogens with one attached hydrogen (secondary N) is 1. The summed E-state index contributed by atoms with van der Waals surface area (Å²) in [4.78, 5) is 9.30. The van der Waals surface area contributed by atoms with Gasteiger partial charge in [0.1, 0.15) is 5.82 Å². The smallest absolute Gasteiger partial charge is 0.190 e. The molecule has 21 heavy (non-hydrogen) atoms. The number of hydrogen-bond donors (Lipinski definition) is 1. The van der Waals surface area contributed by atoms with E-state index in [2.05, 4.69) is 29.1 Å². The van der Waals surface area contributed by atoms with Crippen molar-refractivity contribution in [2.45, 2.75) is 44.7 Å². The third-order valence-corrected chi connectivity index (χ3v) is 4.36. The maximum Gasteiger partial charge on any atom is 0.190 e. The van der Waals surface area contributed by atoms with Gasteiger partial charge < -0.3 is 5.32 Å². The summed E-state index contributed by atoms with van der Waals surface area (Å²) in [5, 5.41) is 6.01. The van der Waals surface area contributed by atoms with Crippen molar-refractivity contribution in [2.24, 2.45) is 0 Å². The highest BCUT2D eigenvalue weighted by Crippen LogP contribution is 2.27. The van der Waals surface area contributed by atoms with Gasteiger partial charge in [0.15, 0.2) is 5.16 Å². The van der Waals surface area contributed by atoms with Crippen LogP contribution in [0.5, 0.6) is 0 Å². The van der Waals surface area contributed by atoms with Gasteiger partial charge in [0.25, 0.3) is 0 Å². The topological polar surface area (TPSA) is 37.8 Å². The second-order valence-electron chi connectivity index (χ2n) is 5.00. The van der Waals surface area contributed by atoms with Crippen LogP contribution < -0.4 is 5.32 Å². The van der Waals surface area contributed by atoms with Crippen LogP contribution >= 0.6 is 23.4 Å². The largest absolute Gasteiger partial charge is 0.369 e. The summed E-state index contributed by atoms with van der Waals surface area (Å²) in [6.07, 6.45) is 4.67. The molecule has 0 fully saturated rings. The molecule has 0 saturated heterocycles. The number of nitrogens with zero attached hydrogens (tertiary/aromatic N) is 2. The first-order valence-corrected chi connectivity index (χ1v) is 8.95. The molecular formula is C16H22ClN3S. The number of aromatic nitrogens is 2. The summed E-state index contributed by atoms with van der Waals surface area (Å²) < 4.78 is 0. The second kappa shape index (κ2) is 8.44. The fraction of sp³-hybridized carbons (Fsp3) is 0.500. The maximum absolute atomic E-state index is 6.09. The number of halogens is 1. The molecule has 1 N–H and O–H groups in total. The van der Waals surface area contributed by atoms with E-state index in [-0.39, 0.29) is 0 Å². The summed E-state index contributed by atoms with van der Waals surface area (Å²) >= 11 is 7.80. The Kier molecular flexibility index (Phi) is 6.58. The zero-order valence-electron chi connectivity index (χ0n) is 12.7. The summed E-state index contributed by atoms with van der Waals surface area (Å²) in [5.41, 5.74) is 0.912. The number of rotatable bonds is 8. The SMILES string of the molecule is CCCCNc1nc(SCCCC)nc2cc(Cl)ccc12. The number of unbranched alkanes of at least 4 members (excludes halogenated alkanes) is 2. The Morgan fingerprint density at radius 2 is 1.95 bits per heavy atom. The lowest BCUT2D eigenvalue weighted by Gasteiger charge is -2.10. The Morgan fingerprint density at radius 1 is 1.14 bits per heavy atom. The molecule has 1 aromatic carbocycles. The first kappa shape index (κ1) is 16.4. The van der Waals surface area contributed by atoms with Gasteiger partial charge in [-0.3, -0.25) is 0 Å². The van der Waals surface area contributed by atoms with Crippen molar-refractivity contribution in [1.82, 2.24) is 9.97 Å². The summed E-state index contributed by atoms with van der Waals surface area (Å²) in [5.74, 6) is 1.97. The van der Waals surface area contributed by atoms with Crippen LogP contribution in [0.2, 0.25) is 5.02 Å². The highest BCUT2D eigenvalue weighted by atomic mass is 35.5. The lowest BCUT2D eigenvalue weighted by molar-refractivity contribution is 0.828. The van der Waals surface area contributed by atoms with Crippen LogP contribution in [0.15, 0.2) is 23.4 Å². The minimum atomic E-state index is 0.713. The fourth-order valence-corrected chi connectivity index (χ4v) is 3.07. The first-order valence-electron chi connectivity index (χ1n) is 7.58. The number of thioether (sulfide) groups is 1. The highest BCUT2D eigenvalue weighted by Gasteiger charge is 2.08. The average Bonchev–Trinajstić information content (AvgIpc) is 2.47. The molecule has 1 aromatic heterocycles. The van der Waals surface area contributed by atoms with Gasteiger partial charge in [-0.05, 0) is 31.0 Å². The van der Waals surface area contributed by atoms with Crippen LogP contribution in [-0.2, 0) is 0 Å². The molecule has 0 aliphatic rings. The lowest BCUT2D eigenvalue weighted by Crippen LogP contribution is -2.05. The van der Waals surface area contributed by atoms with Gasteiger partial charge in [-0.25, -0.2) is 9.97 Å². The highest BCUT2D eigenvalue weighted by molar-refractivity contribution is 7.99. The Balaban J connectivity index is 2.28. The maximum atomic E-state index is 6.09. The van der Waals surface area contributed by atoms with E-state index >= 15 is 0 Å². The summed E-state index contributed by atoms with van der Waals surface area (Å²) in [6.45, 7) is 5.31. The predicted octanol–water partition coefficient (Wildman–Crippen LogP) is 5.39. The molecule has 0 bridgehead atoms. The normalized spacial score (nSPS) is 11.0. The fourth-order valence-electron chi connectivity index (χ4n) is 1.97. The van der Waals surface area contributed by atoms with Crippen molar-refractivity contribution in [3.05, 3.63) is 23.2 Å². The summed E-state index contributed by atoms with van der Waals surface area (Å²) in [7, 11) is 0. The van der Waals surface area contributed by atoms with Gasteiger partial charge in [0.05, 0.1) is 5.52 Å². The molecule has 0 unspecified atom stereocenters. The molecule has 0 spiro atoms. The molecule has 0 radical (unpaired) electrons. The van der Waals surface area contributed by atoms with Crippen molar-refractivity contribution < 1.29 is 0 Å². The number of anilines is 1. The second-order valence-corrected chi connectivity index (χ2v) is 6.50. The molecule has 2 rings (SSSR count). The van der Waals surface area contributed by atoms with Gasteiger partial charge in [-0.2, -0.15) is 0 Å². The van der Waals surface area contributed by atoms with Crippen molar-refractivity contribution in [1.29, 1.82) is 0 Å². The number of fused-ring (bicyclic) bond motifs is 1. The minimum Gasteiger partial charge on any atom is -0.369 e. The van der Waals surface area contributed by atoms with E-state index in [0.29, 0.717) is 5.02 Å². The molecule has 5 heteroatoms. The third kappa shape index (κ3) is 4.75. The zero-order valence-corrected chi connectivity index (χ0v) is 14.2. The molecule has 0 atom stereocenters. The Bertz CT molecular complexity index is 589. The van der Waals surface area contributed by atoms with E-state index in [1.54, 1.807) is 11.8 Å². The lowest BCUT2D eigenvalue weighted by atomic mass is 10.2. The van der Waals surface area contributed by atoms with Crippen LogP contribution in [0.4, 0.5) is 5.82 Å². The van der Waals surface area contributed by atoms with Crippen LogP contribution in [0.25, 0.3) is 10.9 Å². The van der Waals surface area contributed by atoms with Crippen molar-refractivity contribution >= 4 is 40.1 Å². The van der Waals surface area contributed by atoms with Crippen LogP contribution in [0, 0.1) is 0 Å². The van der Waals surface area contributed by atoms with Gasteiger partial charge in [-0.1, -0.05) is 50.1 Å². The molecule has 0 saturated carbocycles. The van der Waals surface area contributed by atoms with E-state index < -0.39 is 0 Å². The minimum absolute atomic E-state index is 0.713. The quantitative estimate of drug-likeness (QED) is 0.401. The van der Waals surface area contributed by atoms with Crippen LogP contribution in [0.1, 0.15) is 39.5 Å². The molecule has 0 amide bonds. The van der Waals surface area contributed by atoms with Gasteiger partial charge in [0, 0.05) is 22.7 Å². The molecular weight excluding hydrogens is 302 g/mol. The van der Waals surface area contributed by atoms with Crippen molar-refractivity contribution in [3.63, 3.8) is 0 Å². The molecule has 1 heterocycles. The first-order chi connectivity index (χ1) is 10.2. The summed E-state index contributed by atoms with van der Waals surface area (Å²) in [6, 6.07) is 5.79. The van der Waals surface area contributed by atoms with E-state index in [1.807, 2.05) is 18.2 Å². The van der Waals surface area contributed by atoms with Gasteiger partial charge in [0.2, 0.25) is 0 Å². The number of benzene rings is 1. The van der Waals surface area contributed by atoms with E-state index in [4.69, 9.17) is 11.6 Å². The standard InChI is InChI=1S/C16H22ClN3S/c1-3-5-9-18-15-13-8-7-12(17)11-14(13)19-16(20-15)21-10-6-4-2/h7-8,11H,3-6,9-10H2,1-2H3,(H,18,19,20). The van der Waals surface area contributed by atoms with E-state index in [9.17, 15) is 0 Å². The van der Waals surface area contributed by atoms with Crippen molar-refractivity contribution in [3.8, 4) is 0 Å².